The minimum absolute atomic E-state index is 0.202. The van der Waals surface area contributed by atoms with Gasteiger partial charge in [0.25, 0.3) is 5.91 Å². The quantitative estimate of drug-likeness (QED) is 0.571. The van der Waals surface area contributed by atoms with Crippen LogP contribution >= 0.6 is 22.6 Å². The predicted molar refractivity (Wildman–Crippen MR) is 85.9 cm³/mol. The highest BCUT2D eigenvalue weighted by Gasteiger charge is 2.25. The molecule has 20 heavy (non-hydrogen) atoms. The van der Waals surface area contributed by atoms with E-state index >= 15 is 0 Å². The molecule has 2 aromatic rings. The Kier molecular flexibility index (Phi) is 3.16. The van der Waals surface area contributed by atoms with Gasteiger partial charge in [-0.15, -0.1) is 0 Å². The van der Waals surface area contributed by atoms with E-state index in [1.165, 1.54) is 12.1 Å². The van der Waals surface area contributed by atoms with E-state index in [1.54, 1.807) is 12.1 Å². The van der Waals surface area contributed by atoms with E-state index in [9.17, 15) is 9.18 Å². The summed E-state index contributed by atoms with van der Waals surface area (Å²) in [5.74, 6) is -0.549. The molecule has 102 valence electrons. The van der Waals surface area contributed by atoms with E-state index in [-0.39, 0.29) is 11.7 Å². The summed E-state index contributed by atoms with van der Waals surface area (Å²) in [7, 11) is 0. The largest absolute Gasteiger partial charge is 0.358 e. The normalized spacial score (nSPS) is 15.6. The Morgan fingerprint density at radius 2 is 2.05 bits per heavy atom. The van der Waals surface area contributed by atoms with E-state index in [0.29, 0.717) is 16.8 Å². The predicted octanol–water partition coefficient (Wildman–Crippen LogP) is 3.87. The van der Waals surface area contributed by atoms with Crippen molar-refractivity contribution >= 4 is 45.8 Å². The van der Waals surface area contributed by atoms with Crippen LogP contribution in [0.1, 0.15) is 22.5 Å². The lowest BCUT2D eigenvalue weighted by molar-refractivity contribution is -0.110. The molecule has 0 bridgehead atoms. The van der Waals surface area contributed by atoms with Crippen LogP contribution in [-0.4, -0.2) is 10.9 Å². The van der Waals surface area contributed by atoms with Crippen LogP contribution in [-0.2, 0) is 4.79 Å². The van der Waals surface area contributed by atoms with Crippen molar-refractivity contribution < 1.29 is 9.18 Å². The zero-order chi connectivity index (χ0) is 14.4. The maximum absolute atomic E-state index is 13.4. The van der Waals surface area contributed by atoms with Crippen LogP contribution in [0.25, 0.3) is 11.6 Å². The number of carbonyl (C=O) groups is 1. The summed E-state index contributed by atoms with van der Waals surface area (Å²) in [6.45, 7) is 3.98. The first-order valence-corrected chi connectivity index (χ1v) is 7.23. The molecule has 5 heteroatoms. The van der Waals surface area contributed by atoms with Gasteiger partial charge in [0.15, 0.2) is 0 Å². The minimum atomic E-state index is -0.347. The van der Waals surface area contributed by atoms with Crippen LogP contribution in [0.2, 0.25) is 0 Å². The molecular formula is C15H12FIN2O. The fourth-order valence-corrected chi connectivity index (χ4v) is 2.77. The van der Waals surface area contributed by atoms with Crippen molar-refractivity contribution in [3.8, 4) is 0 Å². The molecule has 0 saturated heterocycles. The van der Waals surface area contributed by atoms with E-state index < -0.39 is 0 Å². The number of carbonyl (C=O) groups excluding carboxylic acids is 1. The summed E-state index contributed by atoms with van der Waals surface area (Å²) >= 11 is 2.27. The molecule has 0 spiro atoms. The highest BCUT2D eigenvalue weighted by molar-refractivity contribution is 14.1. The number of nitrogens with one attached hydrogen (secondary N) is 2. The van der Waals surface area contributed by atoms with Gasteiger partial charge in [0.05, 0.1) is 5.57 Å². The minimum Gasteiger partial charge on any atom is -0.358 e. The second-order valence-electron chi connectivity index (χ2n) is 4.80. The second kappa shape index (κ2) is 4.73. The van der Waals surface area contributed by atoms with Gasteiger partial charge in [-0.1, -0.05) is 0 Å². The third kappa shape index (κ3) is 2.06. The topological polar surface area (TPSA) is 44.9 Å². The number of H-pyrrole nitrogens is 1. The van der Waals surface area contributed by atoms with Crippen molar-refractivity contribution in [2.24, 2.45) is 0 Å². The van der Waals surface area contributed by atoms with Crippen molar-refractivity contribution in [1.82, 2.24) is 4.98 Å². The van der Waals surface area contributed by atoms with Crippen molar-refractivity contribution in [1.29, 1.82) is 0 Å². The van der Waals surface area contributed by atoms with E-state index in [0.717, 1.165) is 20.5 Å². The lowest BCUT2D eigenvalue weighted by Crippen LogP contribution is -2.03. The Morgan fingerprint density at radius 1 is 1.30 bits per heavy atom. The fraction of sp³-hybridized carbons (Fsp3) is 0.133. The van der Waals surface area contributed by atoms with Gasteiger partial charge >= 0.3 is 0 Å². The highest BCUT2D eigenvalue weighted by atomic mass is 127. The van der Waals surface area contributed by atoms with Gasteiger partial charge in [-0.3, -0.25) is 4.79 Å². The SMILES string of the molecule is Cc1[nH]c(/C=C2\C(=O)Nc3ccc(F)cc32)c(C)c1I. The van der Waals surface area contributed by atoms with Crippen LogP contribution in [0.15, 0.2) is 18.2 Å². The molecule has 0 aliphatic carbocycles. The fourth-order valence-electron chi connectivity index (χ4n) is 2.34. The maximum atomic E-state index is 13.4. The van der Waals surface area contributed by atoms with Gasteiger partial charge in [0, 0.05) is 26.2 Å². The first-order chi connectivity index (χ1) is 9.47. The Bertz CT molecular complexity index is 761. The molecule has 1 aromatic carbocycles. The molecule has 1 aromatic heterocycles. The molecule has 0 radical (unpaired) electrons. The Labute approximate surface area is 129 Å². The molecule has 0 fully saturated rings. The van der Waals surface area contributed by atoms with Crippen molar-refractivity contribution in [3.05, 3.63) is 50.1 Å². The van der Waals surface area contributed by atoms with Crippen molar-refractivity contribution in [3.63, 3.8) is 0 Å². The summed E-state index contributed by atoms with van der Waals surface area (Å²) in [5.41, 5.74) is 4.78. The lowest BCUT2D eigenvalue weighted by atomic mass is 10.1. The molecule has 0 atom stereocenters. The van der Waals surface area contributed by atoms with E-state index in [4.69, 9.17) is 0 Å². The molecule has 1 amide bonds. The number of aromatic amines is 1. The lowest BCUT2D eigenvalue weighted by Gasteiger charge is -1.99. The van der Waals surface area contributed by atoms with Crippen LogP contribution in [0.5, 0.6) is 0 Å². The zero-order valence-electron chi connectivity index (χ0n) is 11.0. The number of hydrogen-bond donors (Lipinski definition) is 2. The van der Waals surface area contributed by atoms with Crippen LogP contribution in [0, 0.1) is 23.2 Å². The second-order valence-corrected chi connectivity index (χ2v) is 5.88. The smallest absolute Gasteiger partial charge is 0.256 e. The Balaban J connectivity index is 2.15. The number of aromatic nitrogens is 1. The number of hydrogen-bond acceptors (Lipinski definition) is 1. The molecular weight excluding hydrogens is 370 g/mol. The number of amides is 1. The first kappa shape index (κ1) is 13.4. The number of anilines is 1. The van der Waals surface area contributed by atoms with Gasteiger partial charge < -0.3 is 10.3 Å². The standard InChI is InChI=1S/C15H12FIN2O/c1-7-13(18-8(2)14(7)17)6-11-10-5-9(16)3-4-12(10)19-15(11)20/h3-6,18H,1-2H3,(H,19,20)/b11-6-. The van der Waals surface area contributed by atoms with Gasteiger partial charge in [0.1, 0.15) is 5.82 Å². The van der Waals surface area contributed by atoms with Crippen molar-refractivity contribution in [2.75, 3.05) is 5.32 Å². The van der Waals surface area contributed by atoms with E-state index in [2.05, 4.69) is 32.9 Å². The van der Waals surface area contributed by atoms with Crippen LogP contribution < -0.4 is 5.32 Å². The number of benzene rings is 1. The molecule has 3 nitrogen and oxygen atoms in total. The maximum Gasteiger partial charge on any atom is 0.256 e. The highest BCUT2D eigenvalue weighted by Crippen LogP contribution is 2.34. The third-order valence-electron chi connectivity index (χ3n) is 3.44. The summed E-state index contributed by atoms with van der Waals surface area (Å²) in [4.78, 5) is 15.3. The monoisotopic (exact) mass is 382 g/mol. The average molecular weight is 382 g/mol. The molecule has 0 saturated carbocycles. The summed E-state index contributed by atoms with van der Waals surface area (Å²) in [6.07, 6.45) is 1.78. The Morgan fingerprint density at radius 3 is 2.70 bits per heavy atom. The average Bonchev–Trinajstić information content (AvgIpc) is 2.83. The van der Waals surface area contributed by atoms with E-state index in [1.807, 2.05) is 13.8 Å². The van der Waals surface area contributed by atoms with Crippen LogP contribution in [0.3, 0.4) is 0 Å². The molecule has 1 aliphatic rings. The zero-order valence-corrected chi connectivity index (χ0v) is 13.1. The van der Waals surface area contributed by atoms with Crippen molar-refractivity contribution in [2.45, 2.75) is 13.8 Å². The van der Waals surface area contributed by atoms with Gasteiger partial charge in [-0.05, 0) is 66.3 Å². The third-order valence-corrected chi connectivity index (χ3v) is 5.06. The number of halogens is 2. The summed E-state index contributed by atoms with van der Waals surface area (Å²) in [6, 6.07) is 4.31. The first-order valence-electron chi connectivity index (χ1n) is 6.15. The number of aryl methyl sites for hydroxylation is 1. The molecule has 3 rings (SSSR count). The summed E-state index contributed by atoms with van der Waals surface area (Å²) in [5, 5.41) is 2.75. The van der Waals surface area contributed by atoms with Crippen LogP contribution in [0.4, 0.5) is 10.1 Å². The molecule has 2 heterocycles. The molecule has 0 unspecified atom stereocenters. The van der Waals surface area contributed by atoms with Gasteiger partial charge in [0.2, 0.25) is 0 Å². The molecule has 2 N–H and O–H groups in total. The Hall–Kier alpha value is -1.63. The summed E-state index contributed by atoms with van der Waals surface area (Å²) < 4.78 is 14.5. The number of fused-ring (bicyclic) bond motifs is 1. The number of rotatable bonds is 1. The van der Waals surface area contributed by atoms with Gasteiger partial charge in [-0.2, -0.15) is 0 Å². The molecule has 1 aliphatic heterocycles. The van der Waals surface area contributed by atoms with Gasteiger partial charge in [-0.25, -0.2) is 4.39 Å².